The van der Waals surface area contributed by atoms with E-state index >= 15 is 0 Å². The van der Waals surface area contributed by atoms with E-state index in [-0.39, 0.29) is 0 Å². The molecule has 0 saturated heterocycles. The molecule has 0 aromatic heterocycles. The molecule has 3 nitrogen and oxygen atoms in total. The van der Waals surface area contributed by atoms with Crippen molar-refractivity contribution in [2.75, 3.05) is 0 Å². The Morgan fingerprint density at radius 3 is 2.50 bits per heavy atom. The topological polar surface area (TPSA) is 47.8 Å². The minimum atomic E-state index is 0.379. The van der Waals surface area contributed by atoms with Gasteiger partial charge in [-0.3, -0.25) is 0 Å². The van der Waals surface area contributed by atoms with Gasteiger partial charge in [0.25, 0.3) is 0 Å². The summed E-state index contributed by atoms with van der Waals surface area (Å²) in [5.74, 6) is 0. The highest BCUT2D eigenvalue weighted by Gasteiger charge is 1.84. The number of nitrogens with zero attached hydrogens (tertiary/aromatic N) is 2. The lowest BCUT2D eigenvalue weighted by molar-refractivity contribution is 0.958. The van der Waals surface area contributed by atoms with Gasteiger partial charge >= 0.3 is 0 Å². The first-order chi connectivity index (χ1) is 4.93. The highest BCUT2D eigenvalue weighted by molar-refractivity contribution is 5.13. The fourth-order valence-corrected chi connectivity index (χ4v) is 0.694. The van der Waals surface area contributed by atoms with Gasteiger partial charge in [-0.25, -0.2) is 5.28 Å². The monoisotopic (exact) mass is 135 g/mol. The minimum absolute atomic E-state index is 0.379. The second kappa shape index (κ2) is 3.61. The van der Waals surface area contributed by atoms with Crippen molar-refractivity contribution in [2.24, 2.45) is 10.4 Å². The molecule has 10 heavy (non-hydrogen) atoms. The number of hydrogen-bond acceptors (Lipinski definition) is 3. The van der Waals surface area contributed by atoms with Crippen molar-refractivity contribution in [2.45, 2.75) is 6.54 Å². The summed E-state index contributed by atoms with van der Waals surface area (Å²) in [6, 6.07) is 9.51. The molecule has 0 spiro atoms. The summed E-state index contributed by atoms with van der Waals surface area (Å²) in [4.78, 5) is 0. The van der Waals surface area contributed by atoms with E-state index in [1.807, 2.05) is 30.3 Å². The Balaban J connectivity index is 2.59. The van der Waals surface area contributed by atoms with Gasteiger partial charge in [-0.15, -0.1) is 0 Å². The Hall–Kier alpha value is -1.38. The van der Waals surface area contributed by atoms with Crippen molar-refractivity contribution >= 4 is 0 Å². The van der Waals surface area contributed by atoms with E-state index in [9.17, 15) is 5.21 Å². The van der Waals surface area contributed by atoms with Gasteiger partial charge in [0.2, 0.25) is 0 Å². The molecule has 0 aliphatic carbocycles. The van der Waals surface area contributed by atoms with Crippen LogP contribution in [0.1, 0.15) is 5.56 Å². The summed E-state index contributed by atoms with van der Waals surface area (Å²) in [5.41, 5.74) is 1.00. The van der Waals surface area contributed by atoms with Crippen molar-refractivity contribution in [3.8, 4) is 0 Å². The normalized spacial score (nSPS) is 10.4. The van der Waals surface area contributed by atoms with E-state index in [1.54, 1.807) is 0 Å². The van der Waals surface area contributed by atoms with E-state index in [2.05, 4.69) is 10.4 Å². The van der Waals surface area contributed by atoms with E-state index < -0.39 is 0 Å². The van der Waals surface area contributed by atoms with Crippen molar-refractivity contribution in [3.63, 3.8) is 0 Å². The Morgan fingerprint density at radius 1 is 1.20 bits per heavy atom. The third-order valence-corrected chi connectivity index (χ3v) is 1.15. The molecule has 1 aromatic carbocycles. The molecular formula is C7H7N2O-. The molecule has 0 atom stereocenters. The Labute approximate surface area is 59.0 Å². The average Bonchev–Trinajstić information content (AvgIpc) is 2.03. The van der Waals surface area contributed by atoms with Crippen LogP contribution in [0.4, 0.5) is 0 Å². The largest absolute Gasteiger partial charge is 0.775 e. The zero-order valence-corrected chi connectivity index (χ0v) is 5.40. The minimum Gasteiger partial charge on any atom is -0.775 e. The molecule has 0 aliphatic heterocycles. The molecular weight excluding hydrogens is 128 g/mol. The summed E-state index contributed by atoms with van der Waals surface area (Å²) in [7, 11) is 0. The van der Waals surface area contributed by atoms with Crippen LogP contribution in [0.15, 0.2) is 40.7 Å². The smallest absolute Gasteiger partial charge is 0.0846 e. The molecule has 0 N–H and O–H groups in total. The van der Waals surface area contributed by atoms with Gasteiger partial charge in [-0.1, -0.05) is 30.3 Å². The van der Waals surface area contributed by atoms with Crippen LogP contribution in [0.2, 0.25) is 0 Å². The second-order valence-electron chi connectivity index (χ2n) is 1.87. The maximum atomic E-state index is 9.56. The lowest BCUT2D eigenvalue weighted by Gasteiger charge is -1.93. The van der Waals surface area contributed by atoms with Gasteiger partial charge < -0.3 is 5.21 Å². The lowest BCUT2D eigenvalue weighted by atomic mass is 10.2. The lowest BCUT2D eigenvalue weighted by Crippen LogP contribution is -1.76. The molecule has 0 aliphatic rings. The number of rotatable bonds is 2. The molecule has 0 fully saturated rings. The summed E-state index contributed by atoms with van der Waals surface area (Å²) in [6.07, 6.45) is 0. The van der Waals surface area contributed by atoms with Crippen LogP contribution in [0.5, 0.6) is 0 Å². The highest BCUT2D eigenvalue weighted by Crippen LogP contribution is 1.99. The van der Waals surface area contributed by atoms with Crippen LogP contribution >= 0.6 is 0 Å². The first kappa shape index (κ1) is 6.74. The van der Waals surface area contributed by atoms with Crippen LogP contribution in [-0.4, -0.2) is 0 Å². The van der Waals surface area contributed by atoms with Gasteiger partial charge in [0, 0.05) is 0 Å². The van der Waals surface area contributed by atoms with Gasteiger partial charge in [-0.05, 0) is 5.56 Å². The highest BCUT2D eigenvalue weighted by atomic mass is 16.5. The van der Waals surface area contributed by atoms with E-state index in [0.717, 1.165) is 5.56 Å². The SMILES string of the molecule is [O-]N=NCc1ccccc1. The predicted octanol–water partition coefficient (Wildman–Crippen LogP) is 2.14. The van der Waals surface area contributed by atoms with E-state index in [4.69, 9.17) is 0 Å². The van der Waals surface area contributed by atoms with Crippen LogP contribution < -0.4 is 0 Å². The molecule has 0 radical (unpaired) electrons. The molecule has 0 heterocycles. The first-order valence-corrected chi connectivity index (χ1v) is 2.96. The predicted molar refractivity (Wildman–Crippen MR) is 38.4 cm³/mol. The van der Waals surface area contributed by atoms with Crippen molar-refractivity contribution in [1.29, 1.82) is 0 Å². The van der Waals surface area contributed by atoms with E-state index in [0.29, 0.717) is 6.54 Å². The quantitative estimate of drug-likeness (QED) is 0.452. The van der Waals surface area contributed by atoms with Crippen LogP contribution in [0.25, 0.3) is 0 Å². The van der Waals surface area contributed by atoms with Gasteiger partial charge in [-0.2, -0.15) is 5.11 Å². The molecule has 0 unspecified atom stereocenters. The average molecular weight is 135 g/mol. The molecule has 1 rings (SSSR count). The van der Waals surface area contributed by atoms with Crippen LogP contribution in [0.3, 0.4) is 0 Å². The molecule has 52 valence electrons. The van der Waals surface area contributed by atoms with Gasteiger partial charge in [0.1, 0.15) is 0 Å². The van der Waals surface area contributed by atoms with Gasteiger partial charge in [0.15, 0.2) is 0 Å². The Kier molecular flexibility index (Phi) is 2.43. The molecule has 0 bridgehead atoms. The maximum Gasteiger partial charge on any atom is 0.0846 e. The molecule has 0 saturated carbocycles. The third-order valence-electron chi connectivity index (χ3n) is 1.15. The third kappa shape index (κ3) is 1.85. The zero-order valence-electron chi connectivity index (χ0n) is 5.40. The molecule has 1 aromatic rings. The van der Waals surface area contributed by atoms with E-state index in [1.165, 1.54) is 0 Å². The maximum absolute atomic E-state index is 9.56. The Bertz CT molecular complexity index is 208. The Morgan fingerprint density at radius 2 is 1.90 bits per heavy atom. The zero-order chi connectivity index (χ0) is 7.23. The first-order valence-electron chi connectivity index (χ1n) is 2.96. The van der Waals surface area contributed by atoms with Crippen LogP contribution in [0, 0.1) is 5.21 Å². The van der Waals surface area contributed by atoms with Crippen molar-refractivity contribution in [1.82, 2.24) is 0 Å². The van der Waals surface area contributed by atoms with Gasteiger partial charge in [0.05, 0.1) is 6.54 Å². The molecule has 0 amide bonds. The standard InChI is InChI=1S/C7H8N2O/c10-9-8-6-7-4-2-1-3-5-7/h1-5H,6H2,(H,8,10)/p-1. The summed E-state index contributed by atoms with van der Waals surface area (Å²) >= 11 is 0. The number of hydrogen-bond donors (Lipinski definition) is 0. The van der Waals surface area contributed by atoms with Crippen molar-refractivity contribution in [3.05, 3.63) is 41.1 Å². The number of benzene rings is 1. The fourth-order valence-electron chi connectivity index (χ4n) is 0.694. The summed E-state index contributed by atoms with van der Waals surface area (Å²) < 4.78 is 0. The second-order valence-corrected chi connectivity index (χ2v) is 1.87. The summed E-state index contributed by atoms with van der Waals surface area (Å²) in [5, 5.41) is 15.3. The van der Waals surface area contributed by atoms with Crippen molar-refractivity contribution < 1.29 is 0 Å². The molecule has 3 heteroatoms. The fraction of sp³-hybridized carbons (Fsp3) is 0.143. The summed E-state index contributed by atoms with van der Waals surface area (Å²) in [6.45, 7) is 0.379. The van der Waals surface area contributed by atoms with Crippen LogP contribution in [-0.2, 0) is 6.54 Å².